The molecule has 1 aromatic rings. The number of amides is 1. The third-order valence-corrected chi connectivity index (χ3v) is 2.25. The molecule has 0 spiro atoms. The molecule has 0 heterocycles. The summed E-state index contributed by atoms with van der Waals surface area (Å²) < 4.78 is 3.36. The number of rotatable bonds is 3. The Morgan fingerprint density at radius 3 is 2.35 bits per heavy atom. The van der Waals surface area contributed by atoms with E-state index in [0.29, 0.717) is 5.69 Å². The van der Waals surface area contributed by atoms with Crippen molar-refractivity contribution >= 4 is 46.6 Å². The Hall–Kier alpha value is -0.640. The third kappa shape index (κ3) is 5.02. The summed E-state index contributed by atoms with van der Waals surface area (Å²) in [5.41, 5.74) is 0.622. The van der Waals surface area contributed by atoms with Gasteiger partial charge in [-0.3, -0.25) is 4.90 Å². The molecule has 0 aromatic heterocycles. The molecule has 1 aromatic carbocycles. The highest BCUT2D eigenvalue weighted by atomic mass is 35.6. The molecule has 1 rings (SSSR count). The Morgan fingerprint density at radius 1 is 1.29 bits per heavy atom. The van der Waals surface area contributed by atoms with Crippen LogP contribution in [0.1, 0.15) is 6.92 Å². The molecular formula is C11H12Cl3NO2. The van der Waals surface area contributed by atoms with E-state index in [1.807, 2.05) is 6.07 Å². The fourth-order valence-electron chi connectivity index (χ4n) is 1.25. The van der Waals surface area contributed by atoms with Crippen LogP contribution in [0, 0.1) is 0 Å². The molecule has 0 atom stereocenters. The predicted molar refractivity (Wildman–Crippen MR) is 71.1 cm³/mol. The molecule has 0 bridgehead atoms. The SMILES string of the molecule is CCOC(=O)N(CC(Cl)(Cl)Cl)c1ccccc1. The lowest BCUT2D eigenvalue weighted by molar-refractivity contribution is 0.160. The molecule has 0 saturated carbocycles. The molecule has 3 nitrogen and oxygen atoms in total. The van der Waals surface area contributed by atoms with Crippen molar-refractivity contribution in [2.75, 3.05) is 18.1 Å². The third-order valence-electron chi connectivity index (χ3n) is 1.89. The van der Waals surface area contributed by atoms with Crippen molar-refractivity contribution in [3.05, 3.63) is 30.3 Å². The molecule has 94 valence electrons. The Morgan fingerprint density at radius 2 is 1.88 bits per heavy atom. The highest BCUT2D eigenvalue weighted by Gasteiger charge is 2.28. The Kier molecular flexibility index (Phi) is 5.37. The van der Waals surface area contributed by atoms with Crippen LogP contribution in [0.25, 0.3) is 0 Å². The van der Waals surface area contributed by atoms with Gasteiger partial charge in [-0.1, -0.05) is 53.0 Å². The second kappa shape index (κ2) is 6.34. The first kappa shape index (κ1) is 14.4. The monoisotopic (exact) mass is 295 g/mol. The van der Waals surface area contributed by atoms with Crippen LogP contribution in [-0.4, -0.2) is 23.0 Å². The molecule has 0 fully saturated rings. The Balaban J connectivity index is 2.91. The quantitative estimate of drug-likeness (QED) is 0.788. The number of hydrogen-bond donors (Lipinski definition) is 0. The van der Waals surface area contributed by atoms with Crippen molar-refractivity contribution in [1.29, 1.82) is 0 Å². The van der Waals surface area contributed by atoms with Gasteiger partial charge in [-0.05, 0) is 19.1 Å². The number of ether oxygens (including phenoxy) is 1. The number of hydrogen-bond acceptors (Lipinski definition) is 2. The van der Waals surface area contributed by atoms with Crippen molar-refractivity contribution in [3.63, 3.8) is 0 Å². The molecule has 0 N–H and O–H groups in total. The second-order valence-electron chi connectivity index (χ2n) is 3.24. The van der Waals surface area contributed by atoms with Gasteiger partial charge in [0.2, 0.25) is 3.79 Å². The Labute approximate surface area is 115 Å². The fourth-order valence-corrected chi connectivity index (χ4v) is 1.61. The minimum Gasteiger partial charge on any atom is -0.449 e. The molecular weight excluding hydrogens is 284 g/mol. The van der Waals surface area contributed by atoms with Crippen LogP contribution in [0.15, 0.2) is 30.3 Å². The van der Waals surface area contributed by atoms with Crippen LogP contribution in [0.5, 0.6) is 0 Å². The normalized spacial score (nSPS) is 11.1. The van der Waals surface area contributed by atoms with E-state index < -0.39 is 9.89 Å². The summed E-state index contributed by atoms with van der Waals surface area (Å²) in [6, 6.07) is 8.91. The topological polar surface area (TPSA) is 29.5 Å². The van der Waals surface area contributed by atoms with Gasteiger partial charge in [0.15, 0.2) is 0 Å². The number of alkyl halides is 3. The zero-order valence-corrected chi connectivity index (χ0v) is 11.5. The number of carbonyl (C=O) groups is 1. The van der Waals surface area contributed by atoms with Gasteiger partial charge in [-0.25, -0.2) is 4.79 Å². The molecule has 17 heavy (non-hydrogen) atoms. The summed E-state index contributed by atoms with van der Waals surface area (Å²) in [6.07, 6.45) is -0.537. The maximum Gasteiger partial charge on any atom is 0.414 e. The van der Waals surface area contributed by atoms with E-state index in [-0.39, 0.29) is 13.2 Å². The van der Waals surface area contributed by atoms with Gasteiger partial charge < -0.3 is 4.74 Å². The molecule has 0 unspecified atom stereocenters. The number of anilines is 1. The van der Waals surface area contributed by atoms with Crippen LogP contribution in [-0.2, 0) is 4.74 Å². The summed E-state index contributed by atoms with van der Waals surface area (Å²) in [4.78, 5) is 13.0. The van der Waals surface area contributed by atoms with Gasteiger partial charge in [-0.2, -0.15) is 0 Å². The number of para-hydroxylation sites is 1. The van der Waals surface area contributed by atoms with Crippen molar-refractivity contribution in [3.8, 4) is 0 Å². The summed E-state index contributed by atoms with van der Waals surface area (Å²) in [7, 11) is 0. The number of benzene rings is 1. The molecule has 0 radical (unpaired) electrons. The Bertz CT molecular complexity index is 365. The first-order valence-corrected chi connectivity index (χ1v) is 6.13. The smallest absolute Gasteiger partial charge is 0.414 e. The first-order valence-electron chi connectivity index (χ1n) is 5.00. The molecule has 0 saturated heterocycles. The van der Waals surface area contributed by atoms with E-state index in [1.54, 1.807) is 31.2 Å². The van der Waals surface area contributed by atoms with E-state index >= 15 is 0 Å². The minimum absolute atomic E-state index is 0.0689. The molecule has 0 aliphatic carbocycles. The van der Waals surface area contributed by atoms with E-state index in [0.717, 1.165) is 0 Å². The zero-order valence-electron chi connectivity index (χ0n) is 9.20. The zero-order chi connectivity index (χ0) is 12.9. The van der Waals surface area contributed by atoms with Crippen molar-refractivity contribution in [2.24, 2.45) is 0 Å². The summed E-state index contributed by atoms with van der Waals surface area (Å²) in [5, 5.41) is 0. The summed E-state index contributed by atoms with van der Waals surface area (Å²) >= 11 is 17.1. The van der Waals surface area contributed by atoms with Crippen molar-refractivity contribution in [1.82, 2.24) is 0 Å². The number of nitrogens with zero attached hydrogens (tertiary/aromatic N) is 1. The first-order chi connectivity index (χ1) is 7.94. The van der Waals surface area contributed by atoms with E-state index in [4.69, 9.17) is 39.5 Å². The highest BCUT2D eigenvalue weighted by molar-refractivity contribution is 6.68. The van der Waals surface area contributed by atoms with Crippen LogP contribution < -0.4 is 4.90 Å². The average molecular weight is 297 g/mol. The van der Waals surface area contributed by atoms with Gasteiger partial charge in [-0.15, -0.1) is 0 Å². The maximum atomic E-state index is 11.7. The largest absolute Gasteiger partial charge is 0.449 e. The molecule has 0 aliphatic heterocycles. The molecule has 1 amide bonds. The lowest BCUT2D eigenvalue weighted by atomic mass is 10.3. The van der Waals surface area contributed by atoms with Crippen LogP contribution >= 0.6 is 34.8 Å². The number of halogens is 3. The summed E-state index contributed by atoms with van der Waals surface area (Å²) in [5.74, 6) is 0. The lowest BCUT2D eigenvalue weighted by Gasteiger charge is -2.25. The lowest BCUT2D eigenvalue weighted by Crippen LogP contribution is -2.38. The average Bonchev–Trinajstić information content (AvgIpc) is 2.26. The number of carbonyl (C=O) groups excluding carboxylic acids is 1. The minimum atomic E-state index is -1.55. The second-order valence-corrected chi connectivity index (χ2v) is 5.75. The predicted octanol–water partition coefficient (Wildman–Crippen LogP) is 4.02. The fraction of sp³-hybridized carbons (Fsp3) is 0.364. The van der Waals surface area contributed by atoms with E-state index in [9.17, 15) is 4.79 Å². The van der Waals surface area contributed by atoms with Crippen LogP contribution in [0.4, 0.5) is 10.5 Å². The van der Waals surface area contributed by atoms with Crippen molar-refractivity contribution < 1.29 is 9.53 Å². The van der Waals surface area contributed by atoms with Gasteiger partial charge >= 0.3 is 6.09 Å². The van der Waals surface area contributed by atoms with Crippen molar-refractivity contribution in [2.45, 2.75) is 10.7 Å². The van der Waals surface area contributed by atoms with E-state index in [1.165, 1.54) is 4.90 Å². The van der Waals surface area contributed by atoms with E-state index in [2.05, 4.69) is 0 Å². The van der Waals surface area contributed by atoms with Gasteiger partial charge in [0, 0.05) is 5.69 Å². The van der Waals surface area contributed by atoms with Gasteiger partial charge in [0.1, 0.15) is 0 Å². The standard InChI is InChI=1S/C11H12Cl3NO2/c1-2-17-10(16)15(8-11(12,13)14)9-6-4-3-5-7-9/h3-7H,2,8H2,1H3. The van der Waals surface area contributed by atoms with Gasteiger partial charge in [0.05, 0.1) is 13.2 Å². The maximum absolute atomic E-state index is 11.7. The van der Waals surface area contributed by atoms with Gasteiger partial charge in [0.25, 0.3) is 0 Å². The van der Waals surface area contributed by atoms with Crippen LogP contribution in [0.3, 0.4) is 0 Å². The summed E-state index contributed by atoms with van der Waals surface area (Å²) in [6.45, 7) is 1.92. The molecule has 0 aliphatic rings. The van der Waals surface area contributed by atoms with Crippen LogP contribution in [0.2, 0.25) is 0 Å². The highest BCUT2D eigenvalue weighted by Crippen LogP contribution is 2.29. The molecule has 6 heteroatoms.